The van der Waals surface area contributed by atoms with Crippen LogP contribution in [0.2, 0.25) is 0 Å². The Balaban J connectivity index is 2.81. The van der Waals surface area contributed by atoms with E-state index in [4.69, 9.17) is 6.42 Å². The van der Waals surface area contributed by atoms with Crippen LogP contribution in [0.25, 0.3) is 0 Å². The van der Waals surface area contributed by atoms with Crippen LogP contribution in [0.3, 0.4) is 0 Å². The normalized spacial score (nSPS) is 25.6. The van der Waals surface area contributed by atoms with Crippen molar-refractivity contribution in [1.82, 2.24) is 4.90 Å². The van der Waals surface area contributed by atoms with Crippen LogP contribution in [0, 0.1) is 18.3 Å². The third-order valence-corrected chi connectivity index (χ3v) is 2.84. The SMILES string of the molecule is C#C/C=C1/C(CC=C)CCCCN1C. The molecule has 0 radical (unpaired) electrons. The molecule has 0 saturated carbocycles. The van der Waals surface area contributed by atoms with Gasteiger partial charge in [-0.15, -0.1) is 13.0 Å². The second-order valence-corrected chi connectivity index (χ2v) is 3.87. The van der Waals surface area contributed by atoms with E-state index in [2.05, 4.69) is 24.4 Å². The molecule has 0 aromatic heterocycles. The lowest BCUT2D eigenvalue weighted by Crippen LogP contribution is -2.21. The second kappa shape index (κ2) is 5.54. The third kappa shape index (κ3) is 2.67. The van der Waals surface area contributed by atoms with Gasteiger partial charge in [0.25, 0.3) is 0 Å². The minimum atomic E-state index is 0.580. The minimum Gasteiger partial charge on any atom is -0.377 e. The van der Waals surface area contributed by atoms with Gasteiger partial charge in [0, 0.05) is 31.3 Å². The summed E-state index contributed by atoms with van der Waals surface area (Å²) in [4.78, 5) is 2.29. The molecular formula is C13H19N. The lowest BCUT2D eigenvalue weighted by molar-refractivity contribution is 0.384. The summed E-state index contributed by atoms with van der Waals surface area (Å²) >= 11 is 0. The first kappa shape index (κ1) is 10.9. The van der Waals surface area contributed by atoms with Crippen LogP contribution in [0.15, 0.2) is 24.4 Å². The Kier molecular flexibility index (Phi) is 4.32. The van der Waals surface area contributed by atoms with Gasteiger partial charge in [-0.3, -0.25) is 0 Å². The molecule has 1 aliphatic heterocycles. The van der Waals surface area contributed by atoms with Crippen molar-refractivity contribution < 1.29 is 0 Å². The molecule has 1 unspecified atom stereocenters. The third-order valence-electron chi connectivity index (χ3n) is 2.84. The van der Waals surface area contributed by atoms with Gasteiger partial charge >= 0.3 is 0 Å². The zero-order valence-corrected chi connectivity index (χ0v) is 9.00. The van der Waals surface area contributed by atoms with E-state index in [-0.39, 0.29) is 0 Å². The van der Waals surface area contributed by atoms with Crippen molar-refractivity contribution in [1.29, 1.82) is 0 Å². The Hall–Kier alpha value is -1.16. The van der Waals surface area contributed by atoms with Gasteiger partial charge in [0.05, 0.1) is 0 Å². The Labute approximate surface area is 87.5 Å². The molecule has 0 aromatic rings. The van der Waals surface area contributed by atoms with E-state index >= 15 is 0 Å². The van der Waals surface area contributed by atoms with E-state index in [1.807, 2.05) is 12.2 Å². The molecule has 1 heterocycles. The van der Waals surface area contributed by atoms with Gasteiger partial charge in [0.1, 0.15) is 0 Å². The molecule has 1 fully saturated rings. The Bertz CT molecular complexity index is 257. The quantitative estimate of drug-likeness (QED) is 0.477. The van der Waals surface area contributed by atoms with Crippen LogP contribution in [-0.4, -0.2) is 18.5 Å². The fraction of sp³-hybridized carbons (Fsp3) is 0.538. The molecular weight excluding hydrogens is 170 g/mol. The lowest BCUT2D eigenvalue weighted by Gasteiger charge is -2.24. The smallest absolute Gasteiger partial charge is 0.0249 e. The molecule has 0 aromatic carbocycles. The first-order chi connectivity index (χ1) is 6.79. The summed E-state index contributed by atoms with van der Waals surface area (Å²) in [5, 5.41) is 0. The Morgan fingerprint density at radius 3 is 3.07 bits per heavy atom. The van der Waals surface area contributed by atoms with Crippen LogP contribution in [-0.2, 0) is 0 Å². The number of nitrogens with zero attached hydrogens (tertiary/aromatic N) is 1. The molecule has 1 nitrogen and oxygen atoms in total. The molecule has 1 heteroatoms. The summed E-state index contributed by atoms with van der Waals surface area (Å²) in [6, 6.07) is 0. The number of terminal acetylenes is 1. The maximum Gasteiger partial charge on any atom is 0.0249 e. The van der Waals surface area contributed by atoms with Crippen molar-refractivity contribution >= 4 is 0 Å². The molecule has 0 N–H and O–H groups in total. The highest BCUT2D eigenvalue weighted by Gasteiger charge is 2.19. The number of allylic oxidation sites excluding steroid dienone is 3. The van der Waals surface area contributed by atoms with Crippen molar-refractivity contribution in [2.45, 2.75) is 25.7 Å². The van der Waals surface area contributed by atoms with Crippen molar-refractivity contribution in [3.63, 3.8) is 0 Å². The van der Waals surface area contributed by atoms with Gasteiger partial charge < -0.3 is 4.90 Å². The molecule has 0 bridgehead atoms. The second-order valence-electron chi connectivity index (χ2n) is 3.87. The van der Waals surface area contributed by atoms with Crippen LogP contribution in [0.5, 0.6) is 0 Å². The topological polar surface area (TPSA) is 3.24 Å². The van der Waals surface area contributed by atoms with E-state index in [1.54, 1.807) is 0 Å². The zero-order valence-electron chi connectivity index (χ0n) is 9.00. The van der Waals surface area contributed by atoms with E-state index in [9.17, 15) is 0 Å². The Morgan fingerprint density at radius 1 is 1.64 bits per heavy atom. The van der Waals surface area contributed by atoms with E-state index in [0.717, 1.165) is 13.0 Å². The monoisotopic (exact) mass is 189 g/mol. The van der Waals surface area contributed by atoms with Gasteiger partial charge in [-0.2, -0.15) is 0 Å². The molecule has 1 saturated heterocycles. The molecule has 0 amide bonds. The first-order valence-electron chi connectivity index (χ1n) is 5.27. The predicted octanol–water partition coefficient (Wildman–Crippen LogP) is 2.81. The van der Waals surface area contributed by atoms with Gasteiger partial charge in [0.15, 0.2) is 0 Å². The standard InChI is InChI=1S/C13H19N/c1-4-8-12-10-6-7-11-14(3)13(12)9-5-2/h2,4,9,12H,1,6-8,10-11H2,3H3/b13-9-. The predicted molar refractivity (Wildman–Crippen MR) is 61.7 cm³/mol. The lowest BCUT2D eigenvalue weighted by atomic mass is 9.95. The van der Waals surface area contributed by atoms with Crippen molar-refractivity contribution in [3.8, 4) is 12.3 Å². The molecule has 1 rings (SSSR count). The summed E-state index contributed by atoms with van der Waals surface area (Å²) in [5.74, 6) is 3.23. The zero-order chi connectivity index (χ0) is 10.4. The van der Waals surface area contributed by atoms with E-state index < -0.39 is 0 Å². The molecule has 1 aliphatic rings. The number of likely N-dealkylation sites (tertiary alicyclic amines) is 1. The van der Waals surface area contributed by atoms with Gasteiger partial charge in [-0.25, -0.2) is 0 Å². The highest BCUT2D eigenvalue weighted by atomic mass is 15.1. The van der Waals surface area contributed by atoms with E-state index in [0.29, 0.717) is 5.92 Å². The van der Waals surface area contributed by atoms with Crippen molar-refractivity contribution in [2.75, 3.05) is 13.6 Å². The number of rotatable bonds is 2. The summed E-state index contributed by atoms with van der Waals surface area (Å²) < 4.78 is 0. The maximum absolute atomic E-state index is 5.35. The summed E-state index contributed by atoms with van der Waals surface area (Å²) in [7, 11) is 2.13. The fourth-order valence-corrected chi connectivity index (χ4v) is 2.08. The average molecular weight is 189 g/mol. The van der Waals surface area contributed by atoms with Crippen LogP contribution in [0.4, 0.5) is 0 Å². The van der Waals surface area contributed by atoms with E-state index in [1.165, 1.54) is 25.0 Å². The van der Waals surface area contributed by atoms with Crippen molar-refractivity contribution in [3.05, 3.63) is 24.4 Å². The summed E-state index contributed by atoms with van der Waals surface area (Å²) in [6.07, 6.45) is 14.1. The number of hydrogen-bond donors (Lipinski definition) is 0. The molecule has 76 valence electrons. The highest BCUT2D eigenvalue weighted by Crippen LogP contribution is 2.27. The maximum atomic E-state index is 5.35. The van der Waals surface area contributed by atoms with Crippen LogP contribution < -0.4 is 0 Å². The Morgan fingerprint density at radius 2 is 2.43 bits per heavy atom. The summed E-state index contributed by atoms with van der Waals surface area (Å²) in [6.45, 7) is 4.93. The van der Waals surface area contributed by atoms with Crippen LogP contribution in [0.1, 0.15) is 25.7 Å². The average Bonchev–Trinajstić information content (AvgIpc) is 2.33. The van der Waals surface area contributed by atoms with Gasteiger partial charge in [-0.05, 0) is 19.3 Å². The van der Waals surface area contributed by atoms with Crippen LogP contribution >= 0.6 is 0 Å². The largest absolute Gasteiger partial charge is 0.377 e. The first-order valence-corrected chi connectivity index (χ1v) is 5.27. The van der Waals surface area contributed by atoms with Gasteiger partial charge in [0.2, 0.25) is 0 Å². The molecule has 14 heavy (non-hydrogen) atoms. The summed E-state index contributed by atoms with van der Waals surface area (Å²) in [5.41, 5.74) is 1.31. The molecule has 1 atom stereocenters. The van der Waals surface area contributed by atoms with Gasteiger partial charge in [-0.1, -0.05) is 18.4 Å². The fourth-order valence-electron chi connectivity index (χ4n) is 2.08. The minimum absolute atomic E-state index is 0.580. The molecule has 0 aliphatic carbocycles. The van der Waals surface area contributed by atoms with Crippen molar-refractivity contribution in [2.24, 2.45) is 5.92 Å². The highest BCUT2D eigenvalue weighted by molar-refractivity contribution is 5.20. The molecule has 0 spiro atoms. The number of hydrogen-bond acceptors (Lipinski definition) is 1.